The highest BCUT2D eigenvalue weighted by Gasteiger charge is 2.35. The molecular formula is C22H34O5. The SMILES string of the molecule is CCCCc1ccc(OC)c2c1[C@@H](C)[C@H](OC(=O)CCOC)C[C@@H](CC)O2. The molecule has 0 saturated heterocycles. The van der Waals surface area contributed by atoms with Crippen LogP contribution in [0.5, 0.6) is 11.5 Å². The second-order valence-corrected chi connectivity index (χ2v) is 7.22. The van der Waals surface area contributed by atoms with Crippen molar-refractivity contribution in [1.82, 2.24) is 0 Å². The minimum absolute atomic E-state index is 0.00995. The second-order valence-electron chi connectivity index (χ2n) is 7.22. The predicted molar refractivity (Wildman–Crippen MR) is 106 cm³/mol. The zero-order chi connectivity index (χ0) is 19.8. The molecule has 1 aromatic rings. The van der Waals surface area contributed by atoms with Crippen molar-refractivity contribution in [2.24, 2.45) is 0 Å². The Balaban J connectivity index is 2.40. The Hall–Kier alpha value is -1.75. The highest BCUT2D eigenvalue weighted by molar-refractivity contribution is 5.70. The van der Waals surface area contributed by atoms with Gasteiger partial charge in [-0.2, -0.15) is 0 Å². The molecule has 0 fully saturated rings. The van der Waals surface area contributed by atoms with Gasteiger partial charge in [0.05, 0.1) is 20.1 Å². The van der Waals surface area contributed by atoms with E-state index in [0.29, 0.717) is 13.0 Å². The lowest BCUT2D eigenvalue weighted by molar-refractivity contribution is -0.152. The maximum atomic E-state index is 12.2. The molecule has 1 heterocycles. The number of ether oxygens (including phenoxy) is 4. The van der Waals surface area contributed by atoms with Crippen molar-refractivity contribution < 1.29 is 23.7 Å². The number of carbonyl (C=O) groups is 1. The van der Waals surface area contributed by atoms with E-state index in [-0.39, 0.29) is 30.5 Å². The van der Waals surface area contributed by atoms with Crippen LogP contribution < -0.4 is 9.47 Å². The number of hydrogen-bond acceptors (Lipinski definition) is 5. The van der Waals surface area contributed by atoms with Crippen LogP contribution in [-0.2, 0) is 20.7 Å². The van der Waals surface area contributed by atoms with Crippen molar-refractivity contribution in [3.63, 3.8) is 0 Å². The fourth-order valence-electron chi connectivity index (χ4n) is 3.66. The van der Waals surface area contributed by atoms with Crippen LogP contribution in [0.2, 0.25) is 0 Å². The molecule has 1 aromatic carbocycles. The lowest BCUT2D eigenvalue weighted by atomic mass is 9.87. The zero-order valence-corrected chi connectivity index (χ0v) is 17.4. The summed E-state index contributed by atoms with van der Waals surface area (Å²) < 4.78 is 22.8. The number of esters is 1. The number of methoxy groups -OCH3 is 2. The lowest BCUT2D eigenvalue weighted by Gasteiger charge is -2.25. The molecule has 0 amide bonds. The topological polar surface area (TPSA) is 54.0 Å². The normalized spacial score (nSPS) is 21.7. The average molecular weight is 379 g/mol. The smallest absolute Gasteiger partial charge is 0.308 e. The number of hydrogen-bond donors (Lipinski definition) is 0. The number of fused-ring (bicyclic) bond motifs is 1. The molecule has 27 heavy (non-hydrogen) atoms. The summed E-state index contributed by atoms with van der Waals surface area (Å²) in [6.07, 6.45) is 4.80. The van der Waals surface area contributed by atoms with Gasteiger partial charge in [0, 0.05) is 25.0 Å². The molecule has 1 aliphatic rings. The molecule has 2 rings (SSSR count). The predicted octanol–water partition coefficient (Wildman–Crippen LogP) is 4.65. The van der Waals surface area contributed by atoms with Crippen LogP contribution in [0.1, 0.15) is 69.9 Å². The van der Waals surface area contributed by atoms with Crippen molar-refractivity contribution in [1.29, 1.82) is 0 Å². The first-order valence-electron chi connectivity index (χ1n) is 10.1. The Morgan fingerprint density at radius 2 is 2.04 bits per heavy atom. The maximum absolute atomic E-state index is 12.2. The maximum Gasteiger partial charge on any atom is 0.308 e. The first-order chi connectivity index (χ1) is 13.0. The van der Waals surface area contributed by atoms with Crippen molar-refractivity contribution in [2.75, 3.05) is 20.8 Å². The van der Waals surface area contributed by atoms with E-state index in [1.54, 1.807) is 14.2 Å². The van der Waals surface area contributed by atoms with Crippen molar-refractivity contribution in [2.45, 2.75) is 77.4 Å². The average Bonchev–Trinajstić information content (AvgIpc) is 2.81. The Morgan fingerprint density at radius 3 is 2.67 bits per heavy atom. The van der Waals surface area contributed by atoms with E-state index in [9.17, 15) is 4.79 Å². The molecule has 5 nitrogen and oxygen atoms in total. The summed E-state index contributed by atoms with van der Waals surface area (Å²) in [6, 6.07) is 4.12. The minimum atomic E-state index is -0.218. The molecule has 0 aromatic heterocycles. The van der Waals surface area contributed by atoms with E-state index in [0.717, 1.165) is 42.7 Å². The number of aryl methyl sites for hydroxylation is 1. The van der Waals surface area contributed by atoms with Gasteiger partial charge in [0.1, 0.15) is 12.2 Å². The number of carbonyl (C=O) groups excluding carboxylic acids is 1. The summed E-state index contributed by atoms with van der Waals surface area (Å²) >= 11 is 0. The Labute approximate surface area is 163 Å². The van der Waals surface area contributed by atoms with Gasteiger partial charge >= 0.3 is 5.97 Å². The number of rotatable bonds is 9. The fraction of sp³-hybridized carbons (Fsp3) is 0.682. The van der Waals surface area contributed by atoms with Gasteiger partial charge in [-0.15, -0.1) is 0 Å². The lowest BCUT2D eigenvalue weighted by Crippen LogP contribution is -2.28. The molecule has 3 atom stereocenters. The highest BCUT2D eigenvalue weighted by Crippen LogP contribution is 2.45. The molecular weight excluding hydrogens is 344 g/mol. The molecule has 0 bridgehead atoms. The Morgan fingerprint density at radius 1 is 1.26 bits per heavy atom. The van der Waals surface area contributed by atoms with Crippen LogP contribution in [0.4, 0.5) is 0 Å². The molecule has 0 aliphatic carbocycles. The van der Waals surface area contributed by atoms with Gasteiger partial charge in [0.25, 0.3) is 0 Å². The van der Waals surface area contributed by atoms with Crippen LogP contribution in [-0.4, -0.2) is 39.0 Å². The molecule has 0 saturated carbocycles. The van der Waals surface area contributed by atoms with E-state index in [4.69, 9.17) is 18.9 Å². The summed E-state index contributed by atoms with van der Waals surface area (Å²) in [7, 11) is 3.26. The second kappa shape index (κ2) is 10.5. The Bertz CT molecular complexity index is 613. The van der Waals surface area contributed by atoms with E-state index in [1.165, 1.54) is 5.56 Å². The largest absolute Gasteiger partial charge is 0.493 e. The fourth-order valence-corrected chi connectivity index (χ4v) is 3.66. The third-order valence-corrected chi connectivity index (χ3v) is 5.31. The molecule has 0 unspecified atom stereocenters. The van der Waals surface area contributed by atoms with Gasteiger partial charge in [0.15, 0.2) is 11.5 Å². The number of benzene rings is 1. The Kier molecular flexibility index (Phi) is 8.42. The van der Waals surface area contributed by atoms with Gasteiger partial charge in [-0.25, -0.2) is 0 Å². The van der Waals surface area contributed by atoms with Crippen molar-refractivity contribution in [3.05, 3.63) is 23.3 Å². The van der Waals surface area contributed by atoms with Gasteiger partial charge in [-0.3, -0.25) is 4.79 Å². The van der Waals surface area contributed by atoms with Crippen molar-refractivity contribution >= 4 is 5.97 Å². The monoisotopic (exact) mass is 378 g/mol. The van der Waals surface area contributed by atoms with Crippen LogP contribution in [0.15, 0.2) is 12.1 Å². The van der Waals surface area contributed by atoms with E-state index in [2.05, 4.69) is 26.8 Å². The number of unbranched alkanes of at least 4 members (excludes halogenated alkanes) is 1. The molecule has 0 N–H and O–H groups in total. The first kappa shape index (κ1) is 21.5. The third-order valence-electron chi connectivity index (χ3n) is 5.31. The van der Waals surface area contributed by atoms with E-state index < -0.39 is 0 Å². The minimum Gasteiger partial charge on any atom is -0.493 e. The summed E-state index contributed by atoms with van der Waals surface area (Å²) in [5.74, 6) is 1.40. The van der Waals surface area contributed by atoms with Gasteiger partial charge in [-0.05, 0) is 30.9 Å². The van der Waals surface area contributed by atoms with Gasteiger partial charge < -0.3 is 18.9 Å². The highest BCUT2D eigenvalue weighted by atomic mass is 16.6. The molecule has 1 aliphatic heterocycles. The van der Waals surface area contributed by atoms with Gasteiger partial charge in [0.2, 0.25) is 0 Å². The zero-order valence-electron chi connectivity index (χ0n) is 17.4. The van der Waals surface area contributed by atoms with Crippen LogP contribution in [0.25, 0.3) is 0 Å². The third kappa shape index (κ3) is 5.38. The van der Waals surface area contributed by atoms with Crippen LogP contribution >= 0.6 is 0 Å². The summed E-state index contributed by atoms with van der Waals surface area (Å²) in [5, 5.41) is 0. The standard InChI is InChI=1S/C22H34O5/c1-6-8-9-16-10-11-18(25-5)22-21(16)15(3)19(14-17(7-2)26-22)27-20(23)12-13-24-4/h10-11,15,17,19H,6-9,12-14H2,1-5H3/t15-,17+,19+/m0/s1. The van der Waals surface area contributed by atoms with Crippen LogP contribution in [0.3, 0.4) is 0 Å². The quantitative estimate of drug-likeness (QED) is 0.586. The summed E-state index contributed by atoms with van der Waals surface area (Å²) in [6.45, 7) is 6.79. The molecule has 0 radical (unpaired) electrons. The molecule has 5 heteroatoms. The van der Waals surface area contributed by atoms with Crippen LogP contribution in [0, 0.1) is 0 Å². The van der Waals surface area contributed by atoms with Gasteiger partial charge in [-0.1, -0.05) is 33.3 Å². The first-order valence-corrected chi connectivity index (χ1v) is 10.1. The van der Waals surface area contributed by atoms with Crippen molar-refractivity contribution in [3.8, 4) is 11.5 Å². The molecule has 0 spiro atoms. The summed E-state index contributed by atoms with van der Waals surface area (Å²) in [5.41, 5.74) is 2.39. The summed E-state index contributed by atoms with van der Waals surface area (Å²) in [4.78, 5) is 12.2. The van der Waals surface area contributed by atoms with E-state index >= 15 is 0 Å². The van der Waals surface area contributed by atoms with E-state index in [1.807, 2.05) is 6.07 Å². The molecule has 152 valence electrons.